The summed E-state index contributed by atoms with van der Waals surface area (Å²) in [7, 11) is -1.22. The average Bonchev–Trinajstić information content (AvgIpc) is 2.66. The molecule has 0 aliphatic heterocycles. The molecular formula is C19H21FN2O5S. The Labute approximate surface area is 163 Å². The number of esters is 1. The van der Waals surface area contributed by atoms with E-state index in [4.69, 9.17) is 4.74 Å². The van der Waals surface area contributed by atoms with Gasteiger partial charge in [0.1, 0.15) is 5.82 Å². The molecule has 0 aliphatic rings. The van der Waals surface area contributed by atoms with E-state index in [9.17, 15) is 22.4 Å². The number of rotatable bonds is 7. The molecular weight excluding hydrogens is 387 g/mol. The molecule has 2 aromatic rings. The highest BCUT2D eigenvalue weighted by molar-refractivity contribution is 7.89. The Morgan fingerprint density at radius 1 is 1.14 bits per heavy atom. The minimum atomic E-state index is -3.85. The lowest BCUT2D eigenvalue weighted by Crippen LogP contribution is -2.35. The van der Waals surface area contributed by atoms with Crippen molar-refractivity contribution in [3.8, 4) is 0 Å². The van der Waals surface area contributed by atoms with Crippen LogP contribution in [0.1, 0.15) is 22.8 Å². The van der Waals surface area contributed by atoms with Gasteiger partial charge in [-0.2, -0.15) is 0 Å². The van der Waals surface area contributed by atoms with E-state index in [2.05, 4.69) is 5.32 Å². The fourth-order valence-electron chi connectivity index (χ4n) is 2.24. The smallest absolute Gasteiger partial charge is 0.341 e. The Bertz CT molecular complexity index is 962. The van der Waals surface area contributed by atoms with Crippen molar-refractivity contribution >= 4 is 21.9 Å². The van der Waals surface area contributed by atoms with E-state index < -0.39 is 39.4 Å². The van der Waals surface area contributed by atoms with Gasteiger partial charge in [0, 0.05) is 20.6 Å². The molecule has 0 spiro atoms. The number of halogens is 1. The SMILES string of the molecule is C[C@@H](OC(=O)c1cc(S(=O)(=O)N(C)C)ccc1F)C(=O)NCc1ccccc1. The van der Waals surface area contributed by atoms with E-state index >= 15 is 0 Å². The summed E-state index contributed by atoms with van der Waals surface area (Å²) in [4.78, 5) is 24.1. The minimum Gasteiger partial charge on any atom is -0.449 e. The first-order valence-electron chi connectivity index (χ1n) is 8.37. The van der Waals surface area contributed by atoms with Crippen LogP contribution in [0, 0.1) is 5.82 Å². The first-order valence-corrected chi connectivity index (χ1v) is 9.81. The number of sulfonamides is 1. The molecule has 0 bridgehead atoms. The molecule has 0 aromatic heterocycles. The van der Waals surface area contributed by atoms with Gasteiger partial charge in [-0.05, 0) is 30.7 Å². The van der Waals surface area contributed by atoms with Crippen LogP contribution in [0.15, 0.2) is 53.4 Å². The standard InChI is InChI=1S/C19H21FN2O5S/c1-13(18(23)21-12-14-7-5-4-6-8-14)27-19(24)16-11-15(9-10-17(16)20)28(25,26)22(2)3/h4-11,13H,12H2,1-3H3,(H,21,23)/t13-/m1/s1. The van der Waals surface area contributed by atoms with Crippen LogP contribution < -0.4 is 5.32 Å². The molecule has 0 unspecified atom stereocenters. The van der Waals surface area contributed by atoms with Crippen LogP contribution in [0.2, 0.25) is 0 Å². The molecule has 1 amide bonds. The number of nitrogens with zero attached hydrogens (tertiary/aromatic N) is 1. The van der Waals surface area contributed by atoms with Crippen LogP contribution in [0.3, 0.4) is 0 Å². The minimum absolute atomic E-state index is 0.243. The lowest BCUT2D eigenvalue weighted by atomic mass is 10.2. The molecule has 0 heterocycles. The Balaban J connectivity index is 2.08. The number of nitrogens with one attached hydrogen (secondary N) is 1. The van der Waals surface area contributed by atoms with Gasteiger partial charge in [0.25, 0.3) is 5.91 Å². The molecule has 2 aromatic carbocycles. The highest BCUT2D eigenvalue weighted by Gasteiger charge is 2.24. The van der Waals surface area contributed by atoms with Gasteiger partial charge in [-0.1, -0.05) is 30.3 Å². The van der Waals surface area contributed by atoms with Crippen LogP contribution in [0.5, 0.6) is 0 Å². The number of carbonyl (C=O) groups is 2. The van der Waals surface area contributed by atoms with Crippen molar-refractivity contribution in [3.63, 3.8) is 0 Å². The van der Waals surface area contributed by atoms with Crippen molar-refractivity contribution in [3.05, 3.63) is 65.5 Å². The van der Waals surface area contributed by atoms with E-state index in [0.29, 0.717) is 0 Å². The normalized spacial score (nSPS) is 12.5. The summed E-state index contributed by atoms with van der Waals surface area (Å²) in [5.41, 5.74) is 0.299. The molecule has 0 fully saturated rings. The highest BCUT2D eigenvalue weighted by Crippen LogP contribution is 2.19. The van der Waals surface area contributed by atoms with Gasteiger partial charge in [0.15, 0.2) is 6.10 Å². The summed E-state index contributed by atoms with van der Waals surface area (Å²) in [5, 5.41) is 2.61. The van der Waals surface area contributed by atoms with Crippen molar-refractivity contribution in [2.45, 2.75) is 24.5 Å². The summed E-state index contributed by atoms with van der Waals surface area (Å²) in [5.74, 6) is -2.63. The third kappa shape index (κ3) is 5.14. The number of hydrogen-bond donors (Lipinski definition) is 1. The summed E-state index contributed by atoms with van der Waals surface area (Å²) >= 11 is 0. The summed E-state index contributed by atoms with van der Waals surface area (Å²) in [6, 6.07) is 11.9. The van der Waals surface area contributed by atoms with Crippen molar-refractivity contribution in [1.29, 1.82) is 0 Å². The largest absolute Gasteiger partial charge is 0.449 e. The second-order valence-corrected chi connectivity index (χ2v) is 8.33. The number of amides is 1. The number of hydrogen-bond acceptors (Lipinski definition) is 5. The summed E-state index contributed by atoms with van der Waals surface area (Å²) in [6.45, 7) is 1.59. The van der Waals surface area contributed by atoms with Crippen molar-refractivity contribution in [1.82, 2.24) is 9.62 Å². The maximum atomic E-state index is 14.0. The number of carbonyl (C=O) groups excluding carboxylic acids is 2. The molecule has 1 atom stereocenters. The van der Waals surface area contributed by atoms with E-state index in [0.717, 1.165) is 28.1 Å². The molecule has 0 aliphatic carbocycles. The topological polar surface area (TPSA) is 92.8 Å². The molecule has 0 radical (unpaired) electrons. The quantitative estimate of drug-likeness (QED) is 0.707. The molecule has 7 nitrogen and oxygen atoms in total. The molecule has 0 saturated heterocycles. The molecule has 0 saturated carbocycles. The van der Waals surface area contributed by atoms with E-state index in [1.165, 1.54) is 21.0 Å². The van der Waals surface area contributed by atoms with E-state index in [1.54, 1.807) is 0 Å². The first kappa shape index (κ1) is 21.5. The van der Waals surface area contributed by atoms with E-state index in [1.807, 2.05) is 30.3 Å². The third-order valence-corrected chi connectivity index (χ3v) is 5.71. The third-order valence-electron chi connectivity index (χ3n) is 3.90. The second kappa shape index (κ2) is 8.94. The van der Waals surface area contributed by atoms with Gasteiger partial charge >= 0.3 is 5.97 Å². The summed E-state index contributed by atoms with van der Waals surface area (Å²) < 4.78 is 44.3. The molecule has 9 heteroatoms. The predicted molar refractivity (Wildman–Crippen MR) is 100 cm³/mol. The van der Waals surface area contributed by atoms with Crippen molar-refractivity contribution in [2.24, 2.45) is 0 Å². The Kier molecular flexibility index (Phi) is 6.87. The maximum absolute atomic E-state index is 14.0. The number of ether oxygens (including phenoxy) is 1. The fraction of sp³-hybridized carbons (Fsp3) is 0.263. The fourth-order valence-corrected chi connectivity index (χ4v) is 3.17. The zero-order chi connectivity index (χ0) is 20.9. The highest BCUT2D eigenvalue weighted by atomic mass is 32.2. The molecule has 2 rings (SSSR count). The van der Waals surface area contributed by atoms with Crippen molar-refractivity contribution < 1.29 is 27.1 Å². The maximum Gasteiger partial charge on any atom is 0.341 e. The average molecular weight is 408 g/mol. The molecule has 28 heavy (non-hydrogen) atoms. The van der Waals surface area contributed by atoms with Crippen LogP contribution >= 0.6 is 0 Å². The zero-order valence-electron chi connectivity index (χ0n) is 15.7. The van der Waals surface area contributed by atoms with Gasteiger partial charge in [0.2, 0.25) is 10.0 Å². The van der Waals surface area contributed by atoms with Crippen LogP contribution in [0.4, 0.5) is 4.39 Å². The second-order valence-electron chi connectivity index (χ2n) is 6.18. The first-order chi connectivity index (χ1) is 13.1. The van der Waals surface area contributed by atoms with E-state index in [-0.39, 0.29) is 11.4 Å². The Morgan fingerprint density at radius 2 is 1.79 bits per heavy atom. The predicted octanol–water partition coefficient (Wildman–Crippen LogP) is 1.94. The van der Waals surface area contributed by atoms with Gasteiger partial charge in [-0.3, -0.25) is 4.79 Å². The Morgan fingerprint density at radius 3 is 2.39 bits per heavy atom. The van der Waals surface area contributed by atoms with Gasteiger partial charge in [-0.25, -0.2) is 21.9 Å². The van der Waals surface area contributed by atoms with Gasteiger partial charge in [0.05, 0.1) is 10.5 Å². The molecule has 150 valence electrons. The number of benzene rings is 2. The zero-order valence-corrected chi connectivity index (χ0v) is 16.5. The van der Waals surface area contributed by atoms with Crippen LogP contribution in [-0.2, 0) is 26.1 Å². The van der Waals surface area contributed by atoms with Crippen LogP contribution in [0.25, 0.3) is 0 Å². The van der Waals surface area contributed by atoms with Crippen LogP contribution in [-0.4, -0.2) is 44.8 Å². The lowest BCUT2D eigenvalue weighted by molar-refractivity contribution is -0.129. The van der Waals surface area contributed by atoms with Crippen molar-refractivity contribution in [2.75, 3.05) is 14.1 Å². The Hall–Kier alpha value is -2.78. The monoisotopic (exact) mass is 408 g/mol. The summed E-state index contributed by atoms with van der Waals surface area (Å²) in [6.07, 6.45) is -1.19. The van der Waals surface area contributed by atoms with Gasteiger partial charge < -0.3 is 10.1 Å². The molecule has 1 N–H and O–H groups in total. The van der Waals surface area contributed by atoms with Gasteiger partial charge in [-0.15, -0.1) is 0 Å². The lowest BCUT2D eigenvalue weighted by Gasteiger charge is -2.15.